The Labute approximate surface area is 86.9 Å². The number of rotatable bonds is 2. The monoisotopic (exact) mass is 198 g/mol. The first-order valence-electron chi connectivity index (χ1n) is 5.51. The molecule has 0 bridgehead atoms. The van der Waals surface area contributed by atoms with Crippen LogP contribution in [0.25, 0.3) is 0 Å². The van der Waals surface area contributed by atoms with Crippen LogP contribution in [0.1, 0.15) is 40.5 Å². The van der Waals surface area contributed by atoms with E-state index >= 15 is 0 Å². The summed E-state index contributed by atoms with van der Waals surface area (Å²) in [6.45, 7) is 10.2. The van der Waals surface area contributed by atoms with Gasteiger partial charge in [-0.15, -0.1) is 0 Å². The van der Waals surface area contributed by atoms with Gasteiger partial charge in [-0.25, -0.2) is 4.79 Å². The SMILES string of the molecule is CCC(C)(C)NC(=O)N1CCC(C)C1. The summed E-state index contributed by atoms with van der Waals surface area (Å²) >= 11 is 0. The molecule has 82 valence electrons. The number of urea groups is 1. The molecule has 0 aromatic heterocycles. The maximum atomic E-state index is 11.8. The van der Waals surface area contributed by atoms with Crippen LogP contribution >= 0.6 is 0 Å². The van der Waals surface area contributed by atoms with Crippen LogP contribution in [0.5, 0.6) is 0 Å². The van der Waals surface area contributed by atoms with Crippen LogP contribution in [0, 0.1) is 5.92 Å². The number of nitrogens with one attached hydrogen (secondary N) is 1. The Morgan fingerprint density at radius 3 is 2.64 bits per heavy atom. The summed E-state index contributed by atoms with van der Waals surface area (Å²) < 4.78 is 0. The van der Waals surface area contributed by atoms with Crippen molar-refractivity contribution in [3.05, 3.63) is 0 Å². The van der Waals surface area contributed by atoms with E-state index in [9.17, 15) is 4.79 Å². The third-order valence-electron chi connectivity index (χ3n) is 3.04. The normalized spacial score (nSPS) is 22.6. The molecule has 3 nitrogen and oxygen atoms in total. The lowest BCUT2D eigenvalue weighted by molar-refractivity contribution is 0.195. The van der Waals surface area contributed by atoms with E-state index in [0.29, 0.717) is 5.92 Å². The highest BCUT2D eigenvalue weighted by Gasteiger charge is 2.26. The van der Waals surface area contributed by atoms with Crippen LogP contribution in [0.4, 0.5) is 4.79 Å². The second kappa shape index (κ2) is 4.20. The van der Waals surface area contributed by atoms with Gasteiger partial charge < -0.3 is 10.2 Å². The van der Waals surface area contributed by atoms with Crippen molar-refractivity contribution in [1.82, 2.24) is 10.2 Å². The van der Waals surface area contributed by atoms with Crippen LogP contribution in [0.2, 0.25) is 0 Å². The number of carbonyl (C=O) groups excluding carboxylic acids is 1. The molecule has 1 aliphatic heterocycles. The minimum Gasteiger partial charge on any atom is -0.333 e. The molecule has 1 atom stereocenters. The van der Waals surface area contributed by atoms with Gasteiger partial charge in [-0.1, -0.05) is 13.8 Å². The van der Waals surface area contributed by atoms with Crippen LogP contribution in [0.3, 0.4) is 0 Å². The Hall–Kier alpha value is -0.730. The fourth-order valence-corrected chi connectivity index (χ4v) is 1.58. The fraction of sp³-hybridized carbons (Fsp3) is 0.909. The van der Waals surface area contributed by atoms with E-state index in [1.807, 2.05) is 4.90 Å². The number of likely N-dealkylation sites (tertiary alicyclic amines) is 1. The Kier molecular flexibility index (Phi) is 3.40. The molecular formula is C11H22N2O. The molecule has 0 radical (unpaired) electrons. The summed E-state index contributed by atoms with van der Waals surface area (Å²) in [5.74, 6) is 0.658. The molecule has 2 amide bonds. The maximum Gasteiger partial charge on any atom is 0.317 e. The molecule has 1 fully saturated rings. The molecule has 0 saturated carbocycles. The number of carbonyl (C=O) groups is 1. The first-order chi connectivity index (χ1) is 6.44. The first-order valence-corrected chi connectivity index (χ1v) is 5.51. The van der Waals surface area contributed by atoms with Crippen LogP contribution in [-0.4, -0.2) is 29.6 Å². The molecule has 1 saturated heterocycles. The number of hydrogen-bond donors (Lipinski definition) is 1. The maximum absolute atomic E-state index is 11.8. The zero-order valence-electron chi connectivity index (χ0n) is 9.76. The fourth-order valence-electron chi connectivity index (χ4n) is 1.58. The molecule has 1 N–H and O–H groups in total. The van der Waals surface area contributed by atoms with Gasteiger partial charge in [-0.05, 0) is 32.6 Å². The van der Waals surface area contributed by atoms with Crippen LogP contribution in [-0.2, 0) is 0 Å². The molecular weight excluding hydrogens is 176 g/mol. The predicted molar refractivity (Wildman–Crippen MR) is 58.3 cm³/mol. The van der Waals surface area contributed by atoms with Gasteiger partial charge in [-0.2, -0.15) is 0 Å². The zero-order chi connectivity index (χ0) is 10.8. The second-order valence-electron chi connectivity index (χ2n) is 5.01. The highest BCUT2D eigenvalue weighted by atomic mass is 16.2. The topological polar surface area (TPSA) is 32.3 Å². The third-order valence-corrected chi connectivity index (χ3v) is 3.04. The molecule has 3 heteroatoms. The van der Waals surface area contributed by atoms with E-state index in [0.717, 1.165) is 25.9 Å². The minimum atomic E-state index is -0.0804. The quantitative estimate of drug-likeness (QED) is 0.725. The van der Waals surface area contributed by atoms with Crippen molar-refractivity contribution in [2.45, 2.75) is 46.1 Å². The van der Waals surface area contributed by atoms with E-state index in [1.165, 1.54) is 0 Å². The summed E-state index contributed by atoms with van der Waals surface area (Å²) in [6, 6.07) is 0.0983. The average Bonchev–Trinajstić information content (AvgIpc) is 2.51. The Morgan fingerprint density at radius 1 is 1.57 bits per heavy atom. The molecule has 1 aliphatic rings. The van der Waals surface area contributed by atoms with Crippen molar-refractivity contribution in [1.29, 1.82) is 0 Å². The van der Waals surface area contributed by atoms with Gasteiger partial charge >= 0.3 is 6.03 Å². The highest BCUT2D eigenvalue weighted by molar-refractivity contribution is 5.75. The smallest absolute Gasteiger partial charge is 0.317 e. The van der Waals surface area contributed by atoms with Crippen LogP contribution in [0.15, 0.2) is 0 Å². The standard InChI is InChI=1S/C11H22N2O/c1-5-11(3,4)12-10(14)13-7-6-9(2)8-13/h9H,5-8H2,1-4H3,(H,12,14). The van der Waals surface area contributed by atoms with Gasteiger partial charge in [0.1, 0.15) is 0 Å². The minimum absolute atomic E-state index is 0.0804. The van der Waals surface area contributed by atoms with Gasteiger partial charge in [0.05, 0.1) is 0 Å². The lowest BCUT2D eigenvalue weighted by Crippen LogP contribution is -2.49. The van der Waals surface area contributed by atoms with Gasteiger partial charge in [-0.3, -0.25) is 0 Å². The molecule has 0 spiro atoms. The van der Waals surface area contributed by atoms with Crippen molar-refractivity contribution < 1.29 is 4.79 Å². The van der Waals surface area contributed by atoms with Crippen molar-refractivity contribution in [2.75, 3.05) is 13.1 Å². The molecule has 0 aliphatic carbocycles. The molecule has 0 aromatic rings. The lowest BCUT2D eigenvalue weighted by atomic mass is 10.0. The van der Waals surface area contributed by atoms with E-state index in [-0.39, 0.29) is 11.6 Å². The largest absolute Gasteiger partial charge is 0.333 e. The second-order valence-corrected chi connectivity index (χ2v) is 5.01. The highest BCUT2D eigenvalue weighted by Crippen LogP contribution is 2.16. The third kappa shape index (κ3) is 2.89. The first kappa shape index (κ1) is 11.3. The van der Waals surface area contributed by atoms with Crippen molar-refractivity contribution in [2.24, 2.45) is 5.92 Å². The number of hydrogen-bond acceptors (Lipinski definition) is 1. The van der Waals surface area contributed by atoms with Gasteiger partial charge in [0.2, 0.25) is 0 Å². The van der Waals surface area contributed by atoms with E-state index < -0.39 is 0 Å². The molecule has 1 heterocycles. The Morgan fingerprint density at radius 2 is 2.21 bits per heavy atom. The molecule has 0 aromatic carbocycles. The van der Waals surface area contributed by atoms with Gasteiger partial charge in [0.25, 0.3) is 0 Å². The van der Waals surface area contributed by atoms with Gasteiger partial charge in [0.15, 0.2) is 0 Å². The Bertz CT molecular complexity index is 213. The van der Waals surface area contributed by atoms with Crippen molar-refractivity contribution >= 4 is 6.03 Å². The van der Waals surface area contributed by atoms with E-state index in [4.69, 9.17) is 0 Å². The molecule has 1 unspecified atom stereocenters. The predicted octanol–water partition coefficient (Wildman–Crippen LogP) is 2.23. The van der Waals surface area contributed by atoms with Crippen molar-refractivity contribution in [3.63, 3.8) is 0 Å². The summed E-state index contributed by atoms with van der Waals surface area (Å²) in [6.07, 6.45) is 2.10. The Balaban J connectivity index is 2.43. The van der Waals surface area contributed by atoms with Crippen molar-refractivity contribution in [3.8, 4) is 0 Å². The number of amides is 2. The van der Waals surface area contributed by atoms with Crippen LogP contribution < -0.4 is 5.32 Å². The summed E-state index contributed by atoms with van der Waals surface area (Å²) in [5, 5.41) is 3.06. The summed E-state index contributed by atoms with van der Waals surface area (Å²) in [5.41, 5.74) is -0.0804. The number of nitrogens with zero attached hydrogens (tertiary/aromatic N) is 1. The molecule has 1 rings (SSSR count). The van der Waals surface area contributed by atoms with Gasteiger partial charge in [0, 0.05) is 18.6 Å². The molecule has 14 heavy (non-hydrogen) atoms. The van der Waals surface area contributed by atoms with E-state index in [1.54, 1.807) is 0 Å². The summed E-state index contributed by atoms with van der Waals surface area (Å²) in [4.78, 5) is 13.7. The summed E-state index contributed by atoms with van der Waals surface area (Å²) in [7, 11) is 0. The lowest BCUT2D eigenvalue weighted by Gasteiger charge is -2.28. The average molecular weight is 198 g/mol. The zero-order valence-corrected chi connectivity index (χ0v) is 9.76. The van der Waals surface area contributed by atoms with E-state index in [2.05, 4.69) is 33.0 Å².